The van der Waals surface area contributed by atoms with Gasteiger partial charge in [0.25, 0.3) is 5.91 Å². The molecular formula is C16H15ClN4O. The molecule has 0 radical (unpaired) electrons. The van der Waals surface area contributed by atoms with Crippen LogP contribution in [0.25, 0.3) is 10.9 Å². The maximum atomic E-state index is 12.5. The van der Waals surface area contributed by atoms with E-state index in [1.165, 1.54) is 0 Å². The topological polar surface area (TPSA) is 62.7 Å². The number of aromatic amines is 1. The molecule has 0 saturated heterocycles. The Morgan fingerprint density at radius 1 is 1.36 bits per heavy atom. The van der Waals surface area contributed by atoms with E-state index in [1.54, 1.807) is 10.7 Å². The van der Waals surface area contributed by atoms with Gasteiger partial charge in [-0.25, -0.2) is 0 Å². The smallest absolute Gasteiger partial charge is 0.268 e. The van der Waals surface area contributed by atoms with Gasteiger partial charge < -0.3 is 10.3 Å². The SMILES string of the molecule is Cn1ccc(C2(NC(=O)c3cc4cc(Cl)ccc4[nH]3)CC2)n1. The van der Waals surface area contributed by atoms with Gasteiger partial charge in [-0.1, -0.05) is 11.6 Å². The molecule has 0 atom stereocenters. The number of hydrogen-bond acceptors (Lipinski definition) is 2. The number of carbonyl (C=O) groups is 1. The molecule has 112 valence electrons. The van der Waals surface area contributed by atoms with Crippen molar-refractivity contribution >= 4 is 28.4 Å². The van der Waals surface area contributed by atoms with Crippen LogP contribution >= 0.6 is 11.6 Å². The van der Waals surface area contributed by atoms with E-state index in [2.05, 4.69) is 15.4 Å². The number of benzene rings is 1. The Labute approximate surface area is 132 Å². The molecule has 5 nitrogen and oxygen atoms in total. The number of nitrogens with zero attached hydrogens (tertiary/aromatic N) is 2. The average Bonchev–Trinajstić information content (AvgIpc) is 2.94. The zero-order valence-corrected chi connectivity index (χ0v) is 12.8. The van der Waals surface area contributed by atoms with Crippen LogP contribution in [0.1, 0.15) is 29.0 Å². The molecule has 1 aliphatic carbocycles. The lowest BCUT2D eigenvalue weighted by Gasteiger charge is -2.14. The van der Waals surface area contributed by atoms with Crippen LogP contribution in [0.4, 0.5) is 0 Å². The van der Waals surface area contributed by atoms with E-state index in [9.17, 15) is 4.79 Å². The summed E-state index contributed by atoms with van der Waals surface area (Å²) in [5.41, 5.74) is 2.05. The second-order valence-corrected chi connectivity index (χ2v) is 6.26. The van der Waals surface area contributed by atoms with Crippen molar-refractivity contribution in [3.8, 4) is 0 Å². The third-order valence-corrected chi connectivity index (χ3v) is 4.37. The highest BCUT2D eigenvalue weighted by atomic mass is 35.5. The Bertz CT molecular complexity index is 875. The van der Waals surface area contributed by atoms with Gasteiger partial charge in [0.1, 0.15) is 5.69 Å². The first kappa shape index (κ1) is 13.4. The van der Waals surface area contributed by atoms with Crippen molar-refractivity contribution in [3.05, 3.63) is 52.9 Å². The fourth-order valence-corrected chi connectivity index (χ4v) is 2.93. The summed E-state index contributed by atoms with van der Waals surface area (Å²) in [6, 6.07) is 9.30. The molecule has 1 saturated carbocycles. The summed E-state index contributed by atoms with van der Waals surface area (Å²) in [4.78, 5) is 15.7. The molecule has 1 aromatic carbocycles. The number of amides is 1. The molecule has 0 bridgehead atoms. The van der Waals surface area contributed by atoms with Crippen molar-refractivity contribution in [2.75, 3.05) is 0 Å². The van der Waals surface area contributed by atoms with Crippen molar-refractivity contribution in [2.24, 2.45) is 7.05 Å². The largest absolute Gasteiger partial charge is 0.351 e. The van der Waals surface area contributed by atoms with E-state index in [1.807, 2.05) is 37.5 Å². The Morgan fingerprint density at radius 2 is 2.18 bits per heavy atom. The molecule has 1 fully saturated rings. The number of aromatic nitrogens is 3. The van der Waals surface area contributed by atoms with Gasteiger partial charge in [-0.2, -0.15) is 5.10 Å². The van der Waals surface area contributed by atoms with Gasteiger partial charge in [-0.3, -0.25) is 9.48 Å². The predicted octanol–water partition coefficient (Wildman–Crippen LogP) is 2.97. The number of hydrogen-bond donors (Lipinski definition) is 2. The summed E-state index contributed by atoms with van der Waals surface area (Å²) in [6.45, 7) is 0. The first-order valence-electron chi connectivity index (χ1n) is 7.17. The van der Waals surface area contributed by atoms with Crippen molar-refractivity contribution in [2.45, 2.75) is 18.4 Å². The summed E-state index contributed by atoms with van der Waals surface area (Å²) in [5, 5.41) is 9.12. The third-order valence-electron chi connectivity index (χ3n) is 4.13. The van der Waals surface area contributed by atoms with Gasteiger partial charge in [0.15, 0.2) is 0 Å². The third kappa shape index (κ3) is 2.18. The summed E-state index contributed by atoms with van der Waals surface area (Å²) in [6.07, 6.45) is 3.73. The van der Waals surface area contributed by atoms with Gasteiger partial charge >= 0.3 is 0 Å². The number of carbonyl (C=O) groups excluding carboxylic acids is 1. The van der Waals surface area contributed by atoms with E-state index >= 15 is 0 Å². The fraction of sp³-hybridized carbons (Fsp3) is 0.250. The van der Waals surface area contributed by atoms with E-state index in [0.717, 1.165) is 29.4 Å². The van der Waals surface area contributed by atoms with Crippen LogP contribution < -0.4 is 5.32 Å². The molecular weight excluding hydrogens is 300 g/mol. The molecule has 3 aromatic rings. The normalized spacial score (nSPS) is 15.9. The highest BCUT2D eigenvalue weighted by Crippen LogP contribution is 2.44. The van der Waals surface area contributed by atoms with Crippen LogP contribution in [0.15, 0.2) is 36.5 Å². The van der Waals surface area contributed by atoms with Crippen molar-refractivity contribution in [3.63, 3.8) is 0 Å². The molecule has 22 heavy (non-hydrogen) atoms. The first-order chi connectivity index (χ1) is 10.6. The molecule has 4 rings (SSSR count). The summed E-state index contributed by atoms with van der Waals surface area (Å²) in [7, 11) is 1.88. The minimum Gasteiger partial charge on any atom is -0.351 e. The number of H-pyrrole nitrogens is 1. The highest BCUT2D eigenvalue weighted by Gasteiger charge is 2.47. The molecule has 2 aromatic heterocycles. The van der Waals surface area contributed by atoms with Gasteiger partial charge in [0, 0.05) is 29.2 Å². The molecule has 1 amide bonds. The van der Waals surface area contributed by atoms with Crippen molar-refractivity contribution in [1.29, 1.82) is 0 Å². The molecule has 0 aliphatic heterocycles. The van der Waals surface area contributed by atoms with Crippen LogP contribution in [-0.2, 0) is 12.6 Å². The van der Waals surface area contributed by atoms with Crippen LogP contribution in [0.5, 0.6) is 0 Å². The van der Waals surface area contributed by atoms with E-state index in [0.29, 0.717) is 10.7 Å². The highest BCUT2D eigenvalue weighted by molar-refractivity contribution is 6.31. The zero-order chi connectivity index (χ0) is 15.3. The second-order valence-electron chi connectivity index (χ2n) is 5.83. The van der Waals surface area contributed by atoms with Crippen LogP contribution in [-0.4, -0.2) is 20.7 Å². The maximum Gasteiger partial charge on any atom is 0.268 e. The molecule has 1 aliphatic rings. The molecule has 0 spiro atoms. The quantitative estimate of drug-likeness (QED) is 0.780. The summed E-state index contributed by atoms with van der Waals surface area (Å²) >= 11 is 5.98. The number of aryl methyl sites for hydroxylation is 1. The molecule has 0 unspecified atom stereocenters. The lowest BCUT2D eigenvalue weighted by molar-refractivity contribution is 0.0925. The van der Waals surface area contributed by atoms with E-state index in [-0.39, 0.29) is 11.4 Å². The average molecular weight is 315 g/mol. The Kier molecular flexibility index (Phi) is 2.81. The second kappa shape index (κ2) is 4.61. The minimum absolute atomic E-state index is 0.115. The van der Waals surface area contributed by atoms with Gasteiger partial charge in [-0.15, -0.1) is 0 Å². The van der Waals surface area contributed by atoms with E-state index in [4.69, 9.17) is 11.6 Å². The fourth-order valence-electron chi connectivity index (χ4n) is 2.75. The van der Waals surface area contributed by atoms with Gasteiger partial charge in [0.05, 0.1) is 11.2 Å². The molecule has 2 heterocycles. The predicted molar refractivity (Wildman–Crippen MR) is 84.9 cm³/mol. The van der Waals surface area contributed by atoms with Crippen LogP contribution in [0, 0.1) is 0 Å². The Morgan fingerprint density at radius 3 is 2.86 bits per heavy atom. The lowest BCUT2D eigenvalue weighted by Crippen LogP contribution is -2.35. The zero-order valence-electron chi connectivity index (χ0n) is 12.1. The molecule has 6 heteroatoms. The van der Waals surface area contributed by atoms with Crippen LogP contribution in [0.2, 0.25) is 5.02 Å². The number of halogens is 1. The maximum absolute atomic E-state index is 12.5. The number of rotatable bonds is 3. The summed E-state index contributed by atoms with van der Waals surface area (Å²) in [5.74, 6) is -0.115. The number of fused-ring (bicyclic) bond motifs is 1. The van der Waals surface area contributed by atoms with Crippen molar-refractivity contribution in [1.82, 2.24) is 20.1 Å². The standard InChI is InChI=1S/C16H15ClN4O/c1-21-7-4-14(20-21)16(5-6-16)19-15(22)13-9-10-8-11(17)2-3-12(10)18-13/h2-4,7-9,18H,5-6H2,1H3,(H,19,22). The van der Waals surface area contributed by atoms with Gasteiger partial charge in [-0.05, 0) is 43.2 Å². The lowest BCUT2D eigenvalue weighted by atomic mass is 10.1. The van der Waals surface area contributed by atoms with Crippen LogP contribution in [0.3, 0.4) is 0 Å². The monoisotopic (exact) mass is 314 g/mol. The van der Waals surface area contributed by atoms with E-state index < -0.39 is 0 Å². The summed E-state index contributed by atoms with van der Waals surface area (Å²) < 4.78 is 1.76. The minimum atomic E-state index is -0.312. The van der Waals surface area contributed by atoms with Gasteiger partial charge in [0.2, 0.25) is 0 Å². The Balaban J connectivity index is 1.61. The van der Waals surface area contributed by atoms with Crippen molar-refractivity contribution < 1.29 is 4.79 Å². The molecule has 2 N–H and O–H groups in total. The number of nitrogens with one attached hydrogen (secondary N) is 2. The Hall–Kier alpha value is -2.27. The first-order valence-corrected chi connectivity index (χ1v) is 7.54.